The van der Waals surface area contributed by atoms with Gasteiger partial charge in [-0.3, -0.25) is 0 Å². The molecule has 2 fully saturated rings. The van der Waals surface area contributed by atoms with E-state index in [1.54, 1.807) is 12.3 Å². The lowest BCUT2D eigenvalue weighted by atomic mass is 10.0. The van der Waals surface area contributed by atoms with Gasteiger partial charge in [0.05, 0.1) is 20.3 Å². The molecule has 0 saturated carbocycles. The lowest BCUT2D eigenvalue weighted by molar-refractivity contribution is -0.169. The summed E-state index contributed by atoms with van der Waals surface area (Å²) < 4.78 is 16.0. The van der Waals surface area contributed by atoms with Crippen molar-refractivity contribution in [3.63, 3.8) is 0 Å². The van der Waals surface area contributed by atoms with Crippen molar-refractivity contribution in [2.45, 2.75) is 18.6 Å². The summed E-state index contributed by atoms with van der Waals surface area (Å²) in [6.45, 7) is 2.88. The highest BCUT2D eigenvalue weighted by atomic mass is 16.7. The van der Waals surface area contributed by atoms with Crippen LogP contribution >= 0.6 is 0 Å². The van der Waals surface area contributed by atoms with Crippen molar-refractivity contribution >= 4 is 11.8 Å². The van der Waals surface area contributed by atoms with Crippen molar-refractivity contribution in [2.75, 3.05) is 38.3 Å². The molecular formula is C13H17N3O4. The zero-order valence-electron chi connectivity index (χ0n) is 11.4. The Morgan fingerprint density at radius 2 is 2.05 bits per heavy atom. The minimum atomic E-state index is -0.525. The smallest absolute Gasteiger partial charge is 0.376 e. The van der Waals surface area contributed by atoms with E-state index >= 15 is 0 Å². The van der Waals surface area contributed by atoms with Crippen LogP contribution in [0.3, 0.4) is 0 Å². The van der Waals surface area contributed by atoms with Crippen LogP contribution in [0.15, 0.2) is 12.3 Å². The number of methoxy groups -OCH3 is 1. The standard InChI is InChI=1S/C13H17N3O4/c1-18-12(17)11-14-5-2-10(15-11)16-6-3-13(4-7-16)19-8-9-20-13/h2,5H,3-4,6-9H2,1H3. The summed E-state index contributed by atoms with van der Waals surface area (Å²) in [4.78, 5) is 21.7. The largest absolute Gasteiger partial charge is 0.463 e. The summed E-state index contributed by atoms with van der Waals surface area (Å²) in [5.41, 5.74) is 0. The van der Waals surface area contributed by atoms with Crippen LogP contribution < -0.4 is 4.90 Å². The number of hydrogen-bond donors (Lipinski definition) is 0. The van der Waals surface area contributed by atoms with Crippen molar-refractivity contribution in [1.29, 1.82) is 0 Å². The number of aromatic nitrogens is 2. The van der Waals surface area contributed by atoms with Gasteiger partial charge in [0, 0.05) is 32.1 Å². The Kier molecular flexibility index (Phi) is 3.54. The molecule has 3 rings (SSSR count). The van der Waals surface area contributed by atoms with Gasteiger partial charge in [-0.1, -0.05) is 0 Å². The van der Waals surface area contributed by atoms with Crippen molar-refractivity contribution in [3.05, 3.63) is 18.1 Å². The predicted octanol–water partition coefficient (Wildman–Crippen LogP) is 0.607. The fourth-order valence-electron chi connectivity index (χ4n) is 2.58. The third-order valence-corrected chi connectivity index (χ3v) is 3.67. The highest BCUT2D eigenvalue weighted by molar-refractivity contribution is 5.85. The van der Waals surface area contributed by atoms with Crippen molar-refractivity contribution in [2.24, 2.45) is 0 Å². The summed E-state index contributed by atoms with van der Waals surface area (Å²) in [6, 6.07) is 1.79. The van der Waals surface area contributed by atoms with Crippen LogP contribution in [0.25, 0.3) is 0 Å². The van der Waals surface area contributed by atoms with Crippen LogP contribution in [0.1, 0.15) is 23.5 Å². The number of anilines is 1. The highest BCUT2D eigenvalue weighted by Crippen LogP contribution is 2.32. The monoisotopic (exact) mass is 279 g/mol. The van der Waals surface area contributed by atoms with Crippen molar-refractivity contribution in [1.82, 2.24) is 9.97 Å². The second-order valence-corrected chi connectivity index (χ2v) is 4.82. The number of carbonyl (C=O) groups excluding carboxylic acids is 1. The van der Waals surface area contributed by atoms with E-state index in [0.29, 0.717) is 13.2 Å². The third-order valence-electron chi connectivity index (χ3n) is 3.67. The van der Waals surface area contributed by atoms with Crippen LogP contribution in [0.5, 0.6) is 0 Å². The maximum absolute atomic E-state index is 11.4. The van der Waals surface area contributed by atoms with Gasteiger partial charge in [0.15, 0.2) is 5.79 Å². The molecule has 2 saturated heterocycles. The zero-order chi connectivity index (χ0) is 14.0. The lowest BCUT2D eigenvalue weighted by Gasteiger charge is -2.38. The Labute approximate surface area is 116 Å². The van der Waals surface area contributed by atoms with E-state index < -0.39 is 11.8 Å². The van der Waals surface area contributed by atoms with E-state index in [9.17, 15) is 4.79 Å². The molecule has 0 atom stereocenters. The average molecular weight is 279 g/mol. The fourth-order valence-corrected chi connectivity index (χ4v) is 2.58. The fraction of sp³-hybridized carbons (Fsp3) is 0.615. The summed E-state index contributed by atoms with van der Waals surface area (Å²) in [6.07, 6.45) is 3.16. The van der Waals surface area contributed by atoms with E-state index in [2.05, 4.69) is 19.6 Å². The first-order chi connectivity index (χ1) is 9.72. The molecule has 3 heterocycles. The average Bonchev–Trinajstić information content (AvgIpc) is 2.95. The van der Waals surface area contributed by atoms with Crippen LogP contribution in [-0.4, -0.2) is 55.1 Å². The Balaban J connectivity index is 1.70. The summed E-state index contributed by atoms with van der Waals surface area (Å²) >= 11 is 0. The van der Waals surface area contributed by atoms with Gasteiger partial charge in [0.1, 0.15) is 5.82 Å². The van der Waals surface area contributed by atoms with Crippen molar-refractivity contribution < 1.29 is 19.0 Å². The highest BCUT2D eigenvalue weighted by Gasteiger charge is 2.40. The van der Waals surface area contributed by atoms with Gasteiger partial charge in [-0.05, 0) is 6.07 Å². The first-order valence-electron chi connectivity index (χ1n) is 6.67. The molecule has 0 unspecified atom stereocenters. The number of esters is 1. The SMILES string of the molecule is COC(=O)c1nccc(N2CCC3(CC2)OCCO3)n1. The molecule has 7 nitrogen and oxygen atoms in total. The second-order valence-electron chi connectivity index (χ2n) is 4.82. The number of ether oxygens (including phenoxy) is 3. The van der Waals surface area contributed by atoms with Crippen LogP contribution in [0.2, 0.25) is 0 Å². The second kappa shape index (κ2) is 5.34. The number of piperidine rings is 1. The van der Waals surface area contributed by atoms with Crippen LogP contribution in [0.4, 0.5) is 5.82 Å². The molecule has 7 heteroatoms. The first kappa shape index (κ1) is 13.3. The maximum Gasteiger partial charge on any atom is 0.376 e. The molecule has 2 aliphatic rings. The Morgan fingerprint density at radius 1 is 1.35 bits per heavy atom. The molecule has 0 radical (unpaired) electrons. The molecule has 2 aliphatic heterocycles. The van der Waals surface area contributed by atoms with Crippen molar-refractivity contribution in [3.8, 4) is 0 Å². The maximum atomic E-state index is 11.4. The molecule has 0 bridgehead atoms. The number of carbonyl (C=O) groups is 1. The van der Waals surface area contributed by atoms with E-state index in [1.165, 1.54) is 7.11 Å². The Morgan fingerprint density at radius 3 is 2.70 bits per heavy atom. The number of rotatable bonds is 2. The molecule has 0 amide bonds. The quantitative estimate of drug-likeness (QED) is 0.734. The molecule has 0 aliphatic carbocycles. The summed E-state index contributed by atoms with van der Waals surface area (Å²) in [5, 5.41) is 0. The molecule has 1 aromatic heterocycles. The molecule has 20 heavy (non-hydrogen) atoms. The van der Waals surface area contributed by atoms with Gasteiger partial charge in [-0.25, -0.2) is 14.8 Å². The lowest BCUT2D eigenvalue weighted by Crippen LogP contribution is -2.45. The van der Waals surface area contributed by atoms with Gasteiger partial charge >= 0.3 is 5.97 Å². The molecule has 1 spiro atoms. The van der Waals surface area contributed by atoms with Gasteiger partial charge in [-0.15, -0.1) is 0 Å². The Bertz CT molecular complexity index is 492. The third kappa shape index (κ3) is 2.46. The van der Waals surface area contributed by atoms with E-state index in [-0.39, 0.29) is 5.82 Å². The van der Waals surface area contributed by atoms with Gasteiger partial charge in [0.2, 0.25) is 5.82 Å². The Hall–Kier alpha value is -1.73. The number of nitrogens with zero attached hydrogens (tertiary/aromatic N) is 3. The zero-order valence-corrected chi connectivity index (χ0v) is 11.4. The number of hydrogen-bond acceptors (Lipinski definition) is 7. The van der Waals surface area contributed by atoms with Gasteiger partial charge in [-0.2, -0.15) is 0 Å². The molecule has 1 aromatic rings. The van der Waals surface area contributed by atoms with E-state index in [1.807, 2.05) is 0 Å². The predicted molar refractivity (Wildman–Crippen MR) is 69.5 cm³/mol. The normalized spacial score (nSPS) is 21.1. The minimum Gasteiger partial charge on any atom is -0.463 e. The summed E-state index contributed by atoms with van der Waals surface area (Å²) in [5.74, 6) is -0.121. The molecule has 0 N–H and O–H groups in total. The van der Waals surface area contributed by atoms with E-state index in [0.717, 1.165) is 31.7 Å². The topological polar surface area (TPSA) is 73.8 Å². The van der Waals surface area contributed by atoms with Gasteiger partial charge < -0.3 is 19.1 Å². The molecular weight excluding hydrogens is 262 g/mol. The molecule has 108 valence electrons. The first-order valence-corrected chi connectivity index (χ1v) is 6.67. The molecule has 0 aromatic carbocycles. The minimum absolute atomic E-state index is 0.0821. The van der Waals surface area contributed by atoms with Gasteiger partial charge in [0.25, 0.3) is 0 Å². The summed E-state index contributed by atoms with van der Waals surface area (Å²) in [7, 11) is 1.32. The van der Waals surface area contributed by atoms with Crippen LogP contribution in [0, 0.1) is 0 Å². The van der Waals surface area contributed by atoms with Crippen LogP contribution in [-0.2, 0) is 14.2 Å². The van der Waals surface area contributed by atoms with E-state index in [4.69, 9.17) is 9.47 Å².